The van der Waals surface area contributed by atoms with Gasteiger partial charge in [-0.25, -0.2) is 4.98 Å². The van der Waals surface area contributed by atoms with Gasteiger partial charge in [0.15, 0.2) is 0 Å². The molecule has 0 amide bonds. The van der Waals surface area contributed by atoms with Gasteiger partial charge in [-0.15, -0.1) is 0 Å². The zero-order valence-electron chi connectivity index (χ0n) is 11.8. The van der Waals surface area contributed by atoms with Crippen molar-refractivity contribution < 1.29 is 0 Å². The standard InChI is InChI=1S/C14H21N5/c1-4-6-16-13(8-14-17-10-18-19(14)3)12-5-7-15-9-11(12)2/h5,7,9-10,13,16H,4,6,8H2,1-3H3. The molecule has 2 aromatic rings. The van der Waals surface area contributed by atoms with E-state index in [4.69, 9.17) is 0 Å². The van der Waals surface area contributed by atoms with Gasteiger partial charge in [0.25, 0.3) is 0 Å². The van der Waals surface area contributed by atoms with Gasteiger partial charge in [0, 0.05) is 31.9 Å². The normalized spacial score (nSPS) is 12.6. The predicted octanol–water partition coefficient (Wildman–Crippen LogP) is 1.80. The maximum absolute atomic E-state index is 4.32. The Bertz CT molecular complexity index is 520. The summed E-state index contributed by atoms with van der Waals surface area (Å²) >= 11 is 0. The topological polar surface area (TPSA) is 55.6 Å². The van der Waals surface area contributed by atoms with Crippen LogP contribution in [0.4, 0.5) is 0 Å². The van der Waals surface area contributed by atoms with E-state index in [1.807, 2.05) is 24.1 Å². The zero-order chi connectivity index (χ0) is 13.7. The molecule has 0 aliphatic carbocycles. The SMILES string of the molecule is CCCNC(Cc1ncnn1C)c1ccncc1C. The first-order valence-corrected chi connectivity index (χ1v) is 6.69. The molecule has 1 N–H and O–H groups in total. The number of aryl methyl sites for hydroxylation is 2. The van der Waals surface area contributed by atoms with Crippen LogP contribution >= 0.6 is 0 Å². The highest BCUT2D eigenvalue weighted by Crippen LogP contribution is 2.20. The van der Waals surface area contributed by atoms with Crippen LogP contribution in [0, 0.1) is 6.92 Å². The molecular weight excluding hydrogens is 238 g/mol. The summed E-state index contributed by atoms with van der Waals surface area (Å²) in [5.74, 6) is 0.991. The summed E-state index contributed by atoms with van der Waals surface area (Å²) < 4.78 is 1.83. The van der Waals surface area contributed by atoms with Gasteiger partial charge in [0.2, 0.25) is 0 Å². The van der Waals surface area contributed by atoms with E-state index in [9.17, 15) is 0 Å². The molecule has 0 bridgehead atoms. The Kier molecular flexibility index (Phi) is 4.63. The van der Waals surface area contributed by atoms with Gasteiger partial charge in [-0.2, -0.15) is 5.10 Å². The van der Waals surface area contributed by atoms with E-state index in [0.717, 1.165) is 25.2 Å². The van der Waals surface area contributed by atoms with Crippen LogP contribution in [-0.4, -0.2) is 26.3 Å². The number of aromatic nitrogens is 4. The average Bonchev–Trinajstić information content (AvgIpc) is 2.81. The maximum atomic E-state index is 4.32. The van der Waals surface area contributed by atoms with Crippen LogP contribution in [-0.2, 0) is 13.5 Å². The molecule has 2 aromatic heterocycles. The second kappa shape index (κ2) is 6.43. The third-order valence-corrected chi connectivity index (χ3v) is 3.27. The molecule has 5 heteroatoms. The van der Waals surface area contributed by atoms with Crippen molar-refractivity contribution in [3.05, 3.63) is 41.7 Å². The summed E-state index contributed by atoms with van der Waals surface area (Å²) in [7, 11) is 1.93. The Morgan fingerprint density at radius 3 is 2.89 bits per heavy atom. The lowest BCUT2D eigenvalue weighted by Gasteiger charge is -2.20. The quantitative estimate of drug-likeness (QED) is 0.859. The minimum Gasteiger partial charge on any atom is -0.310 e. The largest absolute Gasteiger partial charge is 0.310 e. The van der Waals surface area contributed by atoms with E-state index in [2.05, 4.69) is 40.3 Å². The summed E-state index contributed by atoms with van der Waals surface area (Å²) in [5, 5.41) is 7.71. The first-order valence-electron chi connectivity index (χ1n) is 6.69. The molecule has 2 heterocycles. The van der Waals surface area contributed by atoms with Crippen molar-refractivity contribution >= 4 is 0 Å². The highest BCUT2D eigenvalue weighted by Gasteiger charge is 2.16. The third-order valence-electron chi connectivity index (χ3n) is 3.27. The fourth-order valence-electron chi connectivity index (χ4n) is 2.17. The second-order valence-corrected chi connectivity index (χ2v) is 4.74. The van der Waals surface area contributed by atoms with Crippen LogP contribution < -0.4 is 5.32 Å². The summed E-state index contributed by atoms with van der Waals surface area (Å²) in [4.78, 5) is 8.48. The minimum absolute atomic E-state index is 0.255. The molecule has 0 fully saturated rings. The molecular formula is C14H21N5. The van der Waals surface area contributed by atoms with Crippen molar-refractivity contribution in [2.45, 2.75) is 32.7 Å². The molecule has 0 aliphatic rings. The van der Waals surface area contributed by atoms with Crippen molar-refractivity contribution in [3.63, 3.8) is 0 Å². The van der Waals surface area contributed by atoms with Crippen LogP contribution in [0.1, 0.15) is 36.3 Å². The van der Waals surface area contributed by atoms with Crippen LogP contribution in [0.3, 0.4) is 0 Å². The van der Waals surface area contributed by atoms with E-state index >= 15 is 0 Å². The van der Waals surface area contributed by atoms with Gasteiger partial charge in [-0.3, -0.25) is 9.67 Å². The number of rotatable bonds is 6. The van der Waals surface area contributed by atoms with Gasteiger partial charge in [0.1, 0.15) is 12.2 Å². The number of nitrogens with one attached hydrogen (secondary N) is 1. The number of hydrogen-bond acceptors (Lipinski definition) is 4. The first-order chi connectivity index (χ1) is 9.22. The van der Waals surface area contributed by atoms with Gasteiger partial charge in [0.05, 0.1) is 0 Å². The summed E-state index contributed by atoms with van der Waals surface area (Å²) in [5.41, 5.74) is 2.49. The smallest absolute Gasteiger partial charge is 0.138 e. The monoisotopic (exact) mass is 259 g/mol. The highest BCUT2D eigenvalue weighted by atomic mass is 15.3. The van der Waals surface area contributed by atoms with Crippen molar-refractivity contribution in [1.82, 2.24) is 25.1 Å². The fraction of sp³-hybridized carbons (Fsp3) is 0.500. The van der Waals surface area contributed by atoms with Crippen molar-refractivity contribution in [1.29, 1.82) is 0 Å². The van der Waals surface area contributed by atoms with Crippen LogP contribution in [0.15, 0.2) is 24.8 Å². The lowest BCUT2D eigenvalue weighted by Crippen LogP contribution is -2.26. The summed E-state index contributed by atoms with van der Waals surface area (Å²) in [6.07, 6.45) is 7.30. The minimum atomic E-state index is 0.255. The third kappa shape index (κ3) is 3.38. The Morgan fingerprint density at radius 2 is 2.26 bits per heavy atom. The average molecular weight is 259 g/mol. The van der Waals surface area contributed by atoms with E-state index in [1.165, 1.54) is 11.1 Å². The van der Waals surface area contributed by atoms with E-state index < -0.39 is 0 Å². The van der Waals surface area contributed by atoms with E-state index in [1.54, 1.807) is 6.33 Å². The van der Waals surface area contributed by atoms with Gasteiger partial charge in [-0.05, 0) is 37.1 Å². The lowest BCUT2D eigenvalue weighted by molar-refractivity contribution is 0.504. The molecule has 102 valence electrons. The van der Waals surface area contributed by atoms with E-state index in [0.29, 0.717) is 0 Å². The maximum Gasteiger partial charge on any atom is 0.138 e. The van der Waals surface area contributed by atoms with Crippen LogP contribution in [0.2, 0.25) is 0 Å². The Labute approximate surface area is 114 Å². The molecule has 0 spiro atoms. The Hall–Kier alpha value is -1.75. The molecule has 0 aliphatic heterocycles. The Morgan fingerprint density at radius 1 is 1.42 bits per heavy atom. The molecule has 19 heavy (non-hydrogen) atoms. The summed E-state index contributed by atoms with van der Waals surface area (Å²) in [6, 6.07) is 2.34. The molecule has 1 atom stereocenters. The van der Waals surface area contributed by atoms with Crippen LogP contribution in [0.25, 0.3) is 0 Å². The van der Waals surface area contributed by atoms with Gasteiger partial charge in [-0.1, -0.05) is 6.92 Å². The molecule has 5 nitrogen and oxygen atoms in total. The van der Waals surface area contributed by atoms with Gasteiger partial charge >= 0.3 is 0 Å². The molecule has 2 rings (SSSR count). The van der Waals surface area contributed by atoms with E-state index in [-0.39, 0.29) is 6.04 Å². The number of hydrogen-bond donors (Lipinski definition) is 1. The Balaban J connectivity index is 2.21. The molecule has 1 unspecified atom stereocenters. The van der Waals surface area contributed by atoms with Crippen LogP contribution in [0.5, 0.6) is 0 Å². The molecule has 0 saturated carbocycles. The van der Waals surface area contributed by atoms with Crippen molar-refractivity contribution in [2.75, 3.05) is 6.54 Å². The molecule has 0 aromatic carbocycles. The van der Waals surface area contributed by atoms with Gasteiger partial charge < -0.3 is 5.32 Å². The van der Waals surface area contributed by atoms with Crippen molar-refractivity contribution in [3.8, 4) is 0 Å². The number of pyridine rings is 1. The summed E-state index contributed by atoms with van der Waals surface area (Å²) in [6.45, 7) is 5.26. The molecule has 0 saturated heterocycles. The lowest BCUT2D eigenvalue weighted by atomic mass is 10.00. The predicted molar refractivity (Wildman–Crippen MR) is 74.7 cm³/mol. The first kappa shape index (κ1) is 13.7. The van der Waals surface area contributed by atoms with Crippen molar-refractivity contribution in [2.24, 2.45) is 7.05 Å². The zero-order valence-corrected chi connectivity index (χ0v) is 11.8. The molecule has 0 radical (unpaired) electrons. The second-order valence-electron chi connectivity index (χ2n) is 4.74. The highest BCUT2D eigenvalue weighted by molar-refractivity contribution is 5.26. The fourth-order valence-corrected chi connectivity index (χ4v) is 2.17. The number of nitrogens with zero attached hydrogens (tertiary/aromatic N) is 4.